The summed E-state index contributed by atoms with van der Waals surface area (Å²) in [5.74, 6) is 0.150. The fourth-order valence-corrected chi connectivity index (χ4v) is 2.49. The lowest BCUT2D eigenvalue weighted by Gasteiger charge is -2.31. The van der Waals surface area contributed by atoms with Crippen molar-refractivity contribution in [3.8, 4) is 5.75 Å². The fraction of sp³-hybridized carbons (Fsp3) is 0.533. The summed E-state index contributed by atoms with van der Waals surface area (Å²) in [4.78, 5) is 14.0. The minimum absolute atomic E-state index is 0. The lowest BCUT2D eigenvalue weighted by Crippen LogP contribution is -2.44. The zero-order chi connectivity index (χ0) is 15.2. The Hall–Kier alpha value is -1.40. The Kier molecular flexibility index (Phi) is 7.55. The molecular weight excluding hydrogens is 314 g/mol. The predicted molar refractivity (Wildman–Crippen MR) is 82.7 cm³/mol. The molecule has 7 heteroatoms. The normalized spacial score (nSPS) is 15.3. The van der Waals surface area contributed by atoms with Gasteiger partial charge in [-0.1, -0.05) is 12.1 Å². The highest BCUT2D eigenvalue weighted by Crippen LogP contribution is 2.17. The van der Waals surface area contributed by atoms with Gasteiger partial charge in [0, 0.05) is 13.1 Å². The van der Waals surface area contributed by atoms with Crippen molar-refractivity contribution in [3.05, 3.63) is 29.8 Å². The molecule has 0 unspecified atom stereocenters. The van der Waals surface area contributed by atoms with Crippen molar-refractivity contribution < 1.29 is 18.3 Å². The first kappa shape index (κ1) is 18.6. The number of halogens is 3. The SMILES string of the molecule is CN(C(=O)Cc1ccc(OC(F)F)cc1)C1CCNCC1.Cl. The summed E-state index contributed by atoms with van der Waals surface area (Å²) in [6, 6.07) is 6.48. The molecule has 1 N–H and O–H groups in total. The first-order valence-electron chi connectivity index (χ1n) is 7.06. The summed E-state index contributed by atoms with van der Waals surface area (Å²) in [5.41, 5.74) is 0.794. The van der Waals surface area contributed by atoms with Gasteiger partial charge in [-0.3, -0.25) is 4.79 Å². The van der Waals surface area contributed by atoms with E-state index >= 15 is 0 Å². The summed E-state index contributed by atoms with van der Waals surface area (Å²) in [5, 5.41) is 3.27. The maximum Gasteiger partial charge on any atom is 0.387 e. The Labute approximate surface area is 135 Å². The average Bonchev–Trinajstić information content (AvgIpc) is 2.49. The van der Waals surface area contributed by atoms with E-state index < -0.39 is 6.61 Å². The van der Waals surface area contributed by atoms with E-state index in [-0.39, 0.29) is 36.5 Å². The molecule has 4 nitrogen and oxygen atoms in total. The van der Waals surface area contributed by atoms with E-state index in [2.05, 4.69) is 10.1 Å². The van der Waals surface area contributed by atoms with Crippen molar-refractivity contribution in [2.24, 2.45) is 0 Å². The lowest BCUT2D eigenvalue weighted by atomic mass is 10.0. The van der Waals surface area contributed by atoms with E-state index in [1.54, 1.807) is 17.0 Å². The Morgan fingerprint density at radius 1 is 1.32 bits per heavy atom. The molecular formula is C15H21ClF2N2O2. The van der Waals surface area contributed by atoms with E-state index in [0.29, 0.717) is 0 Å². The number of hydrogen-bond acceptors (Lipinski definition) is 3. The Bertz CT molecular complexity index is 465. The second-order valence-electron chi connectivity index (χ2n) is 5.19. The number of likely N-dealkylation sites (N-methyl/N-ethyl adjacent to an activating group) is 1. The van der Waals surface area contributed by atoms with Gasteiger partial charge in [-0.25, -0.2) is 0 Å². The molecule has 1 saturated heterocycles. The van der Waals surface area contributed by atoms with E-state index in [1.807, 2.05) is 7.05 Å². The third-order valence-electron chi connectivity index (χ3n) is 3.75. The highest BCUT2D eigenvalue weighted by molar-refractivity contribution is 5.85. The van der Waals surface area contributed by atoms with Gasteiger partial charge in [-0.15, -0.1) is 12.4 Å². The van der Waals surface area contributed by atoms with Gasteiger partial charge in [0.25, 0.3) is 0 Å². The van der Waals surface area contributed by atoms with Crippen molar-refractivity contribution in [2.75, 3.05) is 20.1 Å². The summed E-state index contributed by atoms with van der Waals surface area (Å²) in [6.07, 6.45) is 2.20. The molecule has 1 fully saturated rings. The van der Waals surface area contributed by atoms with E-state index in [0.717, 1.165) is 31.5 Å². The van der Waals surface area contributed by atoms with Crippen LogP contribution in [0.4, 0.5) is 8.78 Å². The predicted octanol–water partition coefficient (Wildman–Crippen LogP) is 2.46. The minimum atomic E-state index is -2.83. The van der Waals surface area contributed by atoms with Gasteiger partial charge in [0.2, 0.25) is 5.91 Å². The quantitative estimate of drug-likeness (QED) is 0.899. The number of rotatable bonds is 5. The van der Waals surface area contributed by atoms with Gasteiger partial charge in [0.15, 0.2) is 0 Å². The first-order chi connectivity index (χ1) is 10.1. The van der Waals surface area contributed by atoms with Crippen LogP contribution in [0.25, 0.3) is 0 Å². The third-order valence-corrected chi connectivity index (χ3v) is 3.75. The number of amides is 1. The van der Waals surface area contributed by atoms with E-state index in [9.17, 15) is 13.6 Å². The topological polar surface area (TPSA) is 41.6 Å². The largest absolute Gasteiger partial charge is 0.435 e. The third kappa shape index (κ3) is 5.42. The second-order valence-corrected chi connectivity index (χ2v) is 5.19. The van der Waals surface area contributed by atoms with Crippen LogP contribution in [0.2, 0.25) is 0 Å². The maximum atomic E-state index is 12.2. The van der Waals surface area contributed by atoms with Gasteiger partial charge in [-0.05, 0) is 43.6 Å². The van der Waals surface area contributed by atoms with Crippen LogP contribution in [0, 0.1) is 0 Å². The second kappa shape index (κ2) is 8.90. The number of alkyl halides is 2. The molecule has 2 rings (SSSR count). The van der Waals surface area contributed by atoms with Gasteiger partial charge in [-0.2, -0.15) is 8.78 Å². The number of carbonyl (C=O) groups is 1. The van der Waals surface area contributed by atoms with E-state index in [1.165, 1.54) is 12.1 Å². The zero-order valence-corrected chi connectivity index (χ0v) is 13.2. The highest BCUT2D eigenvalue weighted by atomic mass is 35.5. The van der Waals surface area contributed by atoms with Crippen LogP contribution in [0.3, 0.4) is 0 Å². The van der Waals surface area contributed by atoms with Crippen molar-refractivity contribution in [2.45, 2.75) is 31.9 Å². The number of carbonyl (C=O) groups excluding carboxylic acids is 1. The standard InChI is InChI=1S/C15H20F2N2O2.ClH/c1-19(12-6-8-18-9-7-12)14(20)10-11-2-4-13(5-3-11)21-15(16)17;/h2-5,12,15,18H,6-10H2,1H3;1H. The monoisotopic (exact) mass is 334 g/mol. The number of hydrogen-bond donors (Lipinski definition) is 1. The van der Waals surface area contributed by atoms with Crippen LogP contribution < -0.4 is 10.1 Å². The fourth-order valence-electron chi connectivity index (χ4n) is 2.49. The Balaban J connectivity index is 0.00000242. The summed E-state index contributed by atoms with van der Waals surface area (Å²) >= 11 is 0. The van der Waals surface area contributed by atoms with Crippen molar-refractivity contribution in [3.63, 3.8) is 0 Å². The number of piperidine rings is 1. The average molecular weight is 335 g/mol. The summed E-state index contributed by atoms with van der Waals surface area (Å²) in [7, 11) is 1.83. The molecule has 124 valence electrons. The highest BCUT2D eigenvalue weighted by Gasteiger charge is 2.21. The number of nitrogens with one attached hydrogen (secondary N) is 1. The van der Waals surface area contributed by atoms with Crippen LogP contribution in [-0.4, -0.2) is 43.6 Å². The summed E-state index contributed by atoms with van der Waals surface area (Å²) in [6.45, 7) is -0.965. The molecule has 22 heavy (non-hydrogen) atoms. The van der Waals surface area contributed by atoms with Crippen molar-refractivity contribution >= 4 is 18.3 Å². The minimum Gasteiger partial charge on any atom is -0.435 e. The lowest BCUT2D eigenvalue weighted by molar-refractivity contribution is -0.131. The molecule has 0 bridgehead atoms. The van der Waals surface area contributed by atoms with E-state index in [4.69, 9.17) is 0 Å². The van der Waals surface area contributed by atoms with Crippen LogP contribution in [0.5, 0.6) is 5.75 Å². The smallest absolute Gasteiger partial charge is 0.387 e. The van der Waals surface area contributed by atoms with Crippen LogP contribution >= 0.6 is 12.4 Å². The van der Waals surface area contributed by atoms with Gasteiger partial charge in [0.05, 0.1) is 6.42 Å². The Morgan fingerprint density at radius 2 is 1.91 bits per heavy atom. The van der Waals surface area contributed by atoms with Gasteiger partial charge in [0.1, 0.15) is 5.75 Å². The summed E-state index contributed by atoms with van der Waals surface area (Å²) < 4.78 is 28.4. The molecule has 0 aliphatic carbocycles. The number of nitrogens with zero attached hydrogens (tertiary/aromatic N) is 1. The Morgan fingerprint density at radius 3 is 2.45 bits per heavy atom. The van der Waals surface area contributed by atoms with Crippen molar-refractivity contribution in [1.29, 1.82) is 0 Å². The number of ether oxygens (including phenoxy) is 1. The molecule has 1 aliphatic rings. The molecule has 0 saturated carbocycles. The zero-order valence-electron chi connectivity index (χ0n) is 12.4. The molecule has 1 heterocycles. The molecule has 1 aromatic rings. The number of benzene rings is 1. The van der Waals surface area contributed by atoms with Crippen molar-refractivity contribution in [1.82, 2.24) is 10.2 Å². The van der Waals surface area contributed by atoms with Crippen LogP contribution in [0.1, 0.15) is 18.4 Å². The molecule has 1 aliphatic heterocycles. The first-order valence-corrected chi connectivity index (χ1v) is 7.06. The molecule has 0 aromatic heterocycles. The molecule has 1 amide bonds. The van der Waals surface area contributed by atoms with Crippen LogP contribution in [-0.2, 0) is 11.2 Å². The molecule has 0 radical (unpaired) electrons. The molecule has 0 spiro atoms. The maximum absolute atomic E-state index is 12.2. The van der Waals surface area contributed by atoms with Gasteiger partial charge < -0.3 is 15.0 Å². The van der Waals surface area contributed by atoms with Gasteiger partial charge >= 0.3 is 6.61 Å². The molecule has 0 atom stereocenters. The van der Waals surface area contributed by atoms with Crippen LogP contribution in [0.15, 0.2) is 24.3 Å². The molecule has 1 aromatic carbocycles.